The van der Waals surface area contributed by atoms with Gasteiger partial charge < -0.3 is 19.2 Å². The number of ether oxygens (including phenoxy) is 2. The number of nitrogens with one attached hydrogen (secondary N) is 1. The van der Waals surface area contributed by atoms with E-state index in [0.717, 1.165) is 17.1 Å². The van der Waals surface area contributed by atoms with Gasteiger partial charge in [-0.1, -0.05) is 17.7 Å². The number of halogens is 2. The van der Waals surface area contributed by atoms with Crippen molar-refractivity contribution in [1.82, 2.24) is 10.3 Å². The quantitative estimate of drug-likeness (QED) is 0.566. The van der Waals surface area contributed by atoms with Crippen LogP contribution in [0.5, 0.6) is 11.6 Å². The molecule has 1 aromatic carbocycles. The van der Waals surface area contributed by atoms with Gasteiger partial charge in [-0.25, -0.2) is 4.98 Å². The summed E-state index contributed by atoms with van der Waals surface area (Å²) in [6, 6.07) is 15.0. The van der Waals surface area contributed by atoms with E-state index in [9.17, 15) is 0 Å². The lowest BCUT2D eigenvalue weighted by Crippen LogP contribution is -2.20. The van der Waals surface area contributed by atoms with E-state index < -0.39 is 0 Å². The second-order valence-electron chi connectivity index (χ2n) is 5.31. The third-order valence-corrected chi connectivity index (χ3v) is 3.86. The Morgan fingerprint density at radius 2 is 2.04 bits per heavy atom. The summed E-state index contributed by atoms with van der Waals surface area (Å²) in [5.41, 5.74) is 0.913. The fourth-order valence-corrected chi connectivity index (χ4v) is 2.58. The van der Waals surface area contributed by atoms with Crippen molar-refractivity contribution < 1.29 is 13.9 Å². The van der Waals surface area contributed by atoms with E-state index in [0.29, 0.717) is 36.3 Å². The molecule has 26 heavy (non-hydrogen) atoms. The summed E-state index contributed by atoms with van der Waals surface area (Å²) in [4.78, 5) is 4.10. The minimum Gasteiger partial charge on any atom is -0.495 e. The van der Waals surface area contributed by atoms with E-state index >= 15 is 0 Å². The maximum atomic E-state index is 6.16. The highest BCUT2D eigenvalue weighted by atomic mass is 35.5. The molecule has 1 N–H and O–H groups in total. The summed E-state index contributed by atoms with van der Waals surface area (Å²) in [7, 11) is 1.59. The predicted octanol–water partition coefficient (Wildman–Crippen LogP) is 4.59. The zero-order valence-electron chi connectivity index (χ0n) is 14.3. The number of hydrogen-bond acceptors (Lipinski definition) is 5. The van der Waals surface area contributed by atoms with Crippen molar-refractivity contribution >= 4 is 24.0 Å². The van der Waals surface area contributed by atoms with E-state index in [-0.39, 0.29) is 12.4 Å². The molecule has 0 bridgehead atoms. The normalized spacial score (nSPS) is 10.2. The van der Waals surface area contributed by atoms with Crippen LogP contribution in [0.3, 0.4) is 0 Å². The van der Waals surface area contributed by atoms with Crippen LogP contribution in [0, 0.1) is 0 Å². The van der Waals surface area contributed by atoms with Crippen molar-refractivity contribution in [3.05, 3.63) is 65.5 Å². The summed E-state index contributed by atoms with van der Waals surface area (Å²) in [5.74, 6) is 2.89. The Hall–Kier alpha value is -2.21. The molecule has 0 saturated heterocycles. The lowest BCUT2D eigenvalue weighted by Gasteiger charge is -2.06. The molecule has 0 atom stereocenters. The monoisotopic (exact) mass is 394 g/mol. The highest BCUT2D eigenvalue weighted by Gasteiger charge is 2.08. The average Bonchev–Trinajstić information content (AvgIpc) is 3.11. The molecule has 2 aromatic heterocycles. The standard InChI is InChI=1S/C19H19ClN2O3.ClH/c1-23-18-7-5-14(12-16(18)20)17-8-6-15(25-17)13-21-10-11-24-19-4-2-3-9-22-19;/h2-9,12,21H,10-11,13H2,1H3;1H. The van der Waals surface area contributed by atoms with E-state index in [1.165, 1.54) is 0 Å². The Kier molecular flexibility index (Phi) is 7.78. The van der Waals surface area contributed by atoms with Crippen LogP contribution in [0.2, 0.25) is 5.02 Å². The molecule has 3 rings (SSSR count). The molecule has 0 amide bonds. The van der Waals surface area contributed by atoms with Gasteiger partial charge in [0.2, 0.25) is 5.88 Å². The largest absolute Gasteiger partial charge is 0.495 e. The van der Waals surface area contributed by atoms with Crippen molar-refractivity contribution in [1.29, 1.82) is 0 Å². The summed E-state index contributed by atoms with van der Waals surface area (Å²) in [5, 5.41) is 3.83. The molecule has 5 nitrogen and oxygen atoms in total. The van der Waals surface area contributed by atoms with Gasteiger partial charge >= 0.3 is 0 Å². The number of aromatic nitrogens is 1. The van der Waals surface area contributed by atoms with Crippen LogP contribution < -0.4 is 14.8 Å². The maximum absolute atomic E-state index is 6.16. The van der Waals surface area contributed by atoms with Crippen LogP contribution in [-0.2, 0) is 6.54 Å². The first-order valence-corrected chi connectivity index (χ1v) is 8.31. The number of benzene rings is 1. The maximum Gasteiger partial charge on any atom is 0.213 e. The highest BCUT2D eigenvalue weighted by molar-refractivity contribution is 6.32. The molecule has 0 fully saturated rings. The third-order valence-electron chi connectivity index (χ3n) is 3.56. The molecule has 2 heterocycles. The minimum atomic E-state index is 0. The first-order valence-electron chi connectivity index (χ1n) is 7.93. The molecule has 0 radical (unpaired) electrons. The Labute approximate surface area is 163 Å². The Morgan fingerprint density at radius 1 is 1.15 bits per heavy atom. The molecule has 0 spiro atoms. The molecular weight excluding hydrogens is 375 g/mol. The molecular formula is C19H20Cl2N2O3. The van der Waals surface area contributed by atoms with Crippen LogP contribution in [0.25, 0.3) is 11.3 Å². The number of methoxy groups -OCH3 is 1. The van der Waals surface area contributed by atoms with Crippen molar-refractivity contribution in [2.24, 2.45) is 0 Å². The summed E-state index contributed by atoms with van der Waals surface area (Å²) >= 11 is 6.16. The van der Waals surface area contributed by atoms with Gasteiger partial charge in [-0.2, -0.15) is 0 Å². The van der Waals surface area contributed by atoms with Crippen LogP contribution in [0.1, 0.15) is 5.76 Å². The first kappa shape index (κ1) is 20.1. The first-order chi connectivity index (χ1) is 12.3. The smallest absolute Gasteiger partial charge is 0.213 e. The number of pyridine rings is 1. The van der Waals surface area contributed by atoms with Gasteiger partial charge in [-0.3, -0.25) is 0 Å². The second kappa shape index (κ2) is 10.1. The van der Waals surface area contributed by atoms with Crippen LogP contribution in [0.15, 0.2) is 59.1 Å². The Bertz CT molecular complexity index is 810. The van der Waals surface area contributed by atoms with Gasteiger partial charge in [0.25, 0.3) is 0 Å². The minimum absolute atomic E-state index is 0. The molecule has 0 unspecified atom stereocenters. The fourth-order valence-electron chi connectivity index (χ4n) is 2.32. The van der Waals surface area contributed by atoms with Crippen LogP contribution in [0.4, 0.5) is 0 Å². The molecule has 0 aliphatic carbocycles. The number of nitrogens with zero attached hydrogens (tertiary/aromatic N) is 1. The van der Waals surface area contributed by atoms with Crippen LogP contribution >= 0.6 is 24.0 Å². The summed E-state index contributed by atoms with van der Waals surface area (Å²) < 4.78 is 16.5. The predicted molar refractivity (Wildman–Crippen MR) is 104 cm³/mol. The van der Waals surface area contributed by atoms with Crippen LogP contribution in [-0.4, -0.2) is 25.2 Å². The SMILES string of the molecule is COc1ccc(-c2ccc(CNCCOc3ccccn3)o2)cc1Cl.Cl. The van der Waals surface area contributed by atoms with Gasteiger partial charge in [0, 0.05) is 24.4 Å². The Morgan fingerprint density at radius 3 is 2.77 bits per heavy atom. The molecule has 138 valence electrons. The molecule has 0 saturated carbocycles. The summed E-state index contributed by atoms with van der Waals surface area (Å²) in [6.45, 7) is 1.86. The van der Waals surface area contributed by atoms with Gasteiger partial charge in [0.1, 0.15) is 23.9 Å². The van der Waals surface area contributed by atoms with Crippen molar-refractivity contribution in [2.75, 3.05) is 20.3 Å². The number of rotatable bonds is 8. The van der Waals surface area contributed by atoms with E-state index in [2.05, 4.69) is 10.3 Å². The molecule has 0 aliphatic heterocycles. The van der Waals surface area contributed by atoms with Crippen molar-refractivity contribution in [3.63, 3.8) is 0 Å². The fraction of sp³-hybridized carbons (Fsp3) is 0.211. The number of hydrogen-bond donors (Lipinski definition) is 1. The second-order valence-corrected chi connectivity index (χ2v) is 5.72. The lowest BCUT2D eigenvalue weighted by molar-refractivity contribution is 0.300. The summed E-state index contributed by atoms with van der Waals surface area (Å²) in [6.07, 6.45) is 1.71. The van der Waals surface area contributed by atoms with E-state index in [1.54, 1.807) is 13.3 Å². The highest BCUT2D eigenvalue weighted by Crippen LogP contribution is 2.31. The lowest BCUT2D eigenvalue weighted by atomic mass is 10.2. The Balaban J connectivity index is 0.00000243. The van der Waals surface area contributed by atoms with E-state index in [1.807, 2.05) is 48.5 Å². The van der Waals surface area contributed by atoms with Gasteiger partial charge in [-0.05, 0) is 36.4 Å². The number of furan rings is 1. The molecule has 7 heteroatoms. The zero-order valence-corrected chi connectivity index (χ0v) is 15.8. The molecule has 3 aromatic rings. The average molecular weight is 395 g/mol. The van der Waals surface area contributed by atoms with Gasteiger partial charge in [0.15, 0.2) is 0 Å². The van der Waals surface area contributed by atoms with Gasteiger partial charge in [0.05, 0.1) is 18.7 Å². The van der Waals surface area contributed by atoms with E-state index in [4.69, 9.17) is 25.5 Å². The zero-order chi connectivity index (χ0) is 17.5. The van der Waals surface area contributed by atoms with Gasteiger partial charge in [-0.15, -0.1) is 12.4 Å². The topological polar surface area (TPSA) is 56.5 Å². The molecule has 0 aliphatic rings. The third kappa shape index (κ3) is 5.39. The van der Waals surface area contributed by atoms with Crippen molar-refractivity contribution in [3.8, 4) is 23.0 Å². The van der Waals surface area contributed by atoms with Crippen molar-refractivity contribution in [2.45, 2.75) is 6.54 Å².